The molecule has 1 aromatic rings. The highest BCUT2D eigenvalue weighted by molar-refractivity contribution is 7.99. The molecule has 0 spiro atoms. The van der Waals surface area contributed by atoms with Gasteiger partial charge >= 0.3 is 0 Å². The van der Waals surface area contributed by atoms with Crippen molar-refractivity contribution in [3.63, 3.8) is 0 Å². The van der Waals surface area contributed by atoms with Crippen molar-refractivity contribution in [2.75, 3.05) is 18.9 Å². The Balaban J connectivity index is 2.64. The Morgan fingerprint density at radius 3 is 2.72 bits per heavy atom. The molecule has 5 heteroatoms. The molecule has 0 fully saturated rings. The third-order valence-electron chi connectivity index (χ3n) is 2.59. The van der Waals surface area contributed by atoms with Crippen LogP contribution in [-0.4, -0.2) is 29.5 Å². The summed E-state index contributed by atoms with van der Waals surface area (Å²) in [5.41, 5.74) is -0.299. The van der Waals surface area contributed by atoms with Gasteiger partial charge in [0.2, 0.25) is 0 Å². The molecule has 0 bridgehead atoms. The number of aliphatic hydroxyl groups is 1. The summed E-state index contributed by atoms with van der Waals surface area (Å²) >= 11 is 13.7. The number of nitrogens with one attached hydrogen (secondary N) is 1. The average Bonchev–Trinajstić information content (AvgIpc) is 2.37. The van der Waals surface area contributed by atoms with Crippen molar-refractivity contribution < 1.29 is 5.11 Å². The van der Waals surface area contributed by atoms with Crippen molar-refractivity contribution in [1.82, 2.24) is 5.32 Å². The van der Waals surface area contributed by atoms with Crippen molar-refractivity contribution in [3.05, 3.63) is 28.2 Å². The van der Waals surface area contributed by atoms with Gasteiger partial charge < -0.3 is 10.4 Å². The van der Waals surface area contributed by atoms with Crippen LogP contribution in [-0.2, 0) is 0 Å². The summed E-state index contributed by atoms with van der Waals surface area (Å²) in [7, 11) is 0. The van der Waals surface area contributed by atoms with Gasteiger partial charge in [-0.05, 0) is 38.1 Å². The molecule has 0 aliphatic carbocycles. The molecule has 0 aliphatic heterocycles. The van der Waals surface area contributed by atoms with Crippen LogP contribution in [0.5, 0.6) is 0 Å². The van der Waals surface area contributed by atoms with Crippen LogP contribution in [0.2, 0.25) is 10.0 Å². The Labute approximate surface area is 123 Å². The monoisotopic (exact) mass is 307 g/mol. The highest BCUT2D eigenvalue weighted by Crippen LogP contribution is 2.31. The van der Waals surface area contributed by atoms with Crippen LogP contribution in [0.25, 0.3) is 0 Å². The molecule has 102 valence electrons. The fourth-order valence-corrected chi connectivity index (χ4v) is 3.01. The predicted molar refractivity (Wildman–Crippen MR) is 81.0 cm³/mol. The molecule has 0 heterocycles. The molecular formula is C13H19Cl2NOS. The lowest BCUT2D eigenvalue weighted by atomic mass is 10.1. The Morgan fingerprint density at radius 1 is 1.39 bits per heavy atom. The summed E-state index contributed by atoms with van der Waals surface area (Å²) in [6.45, 7) is 5.10. The lowest BCUT2D eigenvalue weighted by Crippen LogP contribution is -2.48. The van der Waals surface area contributed by atoms with Crippen molar-refractivity contribution in [1.29, 1.82) is 0 Å². The zero-order valence-electron chi connectivity index (χ0n) is 10.7. The van der Waals surface area contributed by atoms with E-state index in [0.717, 1.165) is 23.6 Å². The topological polar surface area (TPSA) is 32.3 Å². The number of hydrogen-bond acceptors (Lipinski definition) is 3. The largest absolute Gasteiger partial charge is 0.394 e. The van der Waals surface area contributed by atoms with E-state index in [1.807, 2.05) is 13.0 Å². The smallest absolute Gasteiger partial charge is 0.0618 e. The maximum Gasteiger partial charge on any atom is 0.0618 e. The van der Waals surface area contributed by atoms with Crippen LogP contribution in [0.3, 0.4) is 0 Å². The van der Waals surface area contributed by atoms with E-state index in [1.165, 1.54) is 0 Å². The van der Waals surface area contributed by atoms with Gasteiger partial charge in [0.05, 0.1) is 11.6 Å². The quantitative estimate of drug-likeness (QED) is 0.751. The first-order valence-corrected chi connectivity index (χ1v) is 7.68. The van der Waals surface area contributed by atoms with Gasteiger partial charge in [-0.15, -0.1) is 11.8 Å². The second-order valence-electron chi connectivity index (χ2n) is 4.51. The van der Waals surface area contributed by atoms with Gasteiger partial charge in [0.25, 0.3) is 0 Å². The van der Waals surface area contributed by atoms with Gasteiger partial charge in [0, 0.05) is 21.2 Å². The van der Waals surface area contributed by atoms with Gasteiger partial charge in [0.1, 0.15) is 0 Å². The maximum atomic E-state index is 9.48. The van der Waals surface area contributed by atoms with E-state index in [2.05, 4.69) is 12.2 Å². The summed E-state index contributed by atoms with van der Waals surface area (Å²) in [4.78, 5) is 0.946. The minimum atomic E-state index is -0.299. The van der Waals surface area contributed by atoms with Crippen LogP contribution in [0.1, 0.15) is 20.3 Å². The van der Waals surface area contributed by atoms with Crippen LogP contribution < -0.4 is 5.32 Å². The van der Waals surface area contributed by atoms with Crippen molar-refractivity contribution in [3.8, 4) is 0 Å². The summed E-state index contributed by atoms with van der Waals surface area (Å²) < 4.78 is 0. The highest BCUT2D eigenvalue weighted by atomic mass is 35.5. The van der Waals surface area contributed by atoms with Gasteiger partial charge in [0.15, 0.2) is 0 Å². The Kier molecular flexibility index (Phi) is 6.82. The van der Waals surface area contributed by atoms with Gasteiger partial charge in [-0.3, -0.25) is 0 Å². The molecule has 0 radical (unpaired) electrons. The molecule has 1 atom stereocenters. The van der Waals surface area contributed by atoms with Crippen LogP contribution in [0.4, 0.5) is 0 Å². The van der Waals surface area contributed by atoms with Gasteiger partial charge in [-0.1, -0.05) is 30.1 Å². The van der Waals surface area contributed by atoms with Crippen molar-refractivity contribution in [2.45, 2.75) is 30.7 Å². The molecule has 18 heavy (non-hydrogen) atoms. The molecule has 2 nitrogen and oxygen atoms in total. The van der Waals surface area contributed by atoms with Crippen LogP contribution in [0, 0.1) is 0 Å². The zero-order chi connectivity index (χ0) is 13.6. The predicted octanol–water partition coefficient (Wildman–Crippen LogP) is 3.84. The number of aliphatic hydroxyl groups excluding tert-OH is 1. The minimum Gasteiger partial charge on any atom is -0.394 e. The molecule has 2 N–H and O–H groups in total. The number of benzene rings is 1. The molecule has 0 aromatic heterocycles. The van der Waals surface area contributed by atoms with Crippen LogP contribution in [0.15, 0.2) is 23.1 Å². The molecule has 1 aromatic carbocycles. The third kappa shape index (κ3) is 4.98. The van der Waals surface area contributed by atoms with Crippen LogP contribution >= 0.6 is 35.0 Å². The summed E-state index contributed by atoms with van der Waals surface area (Å²) in [6, 6.07) is 5.42. The molecule has 0 saturated carbocycles. The lowest BCUT2D eigenvalue weighted by molar-refractivity contribution is 0.192. The Morgan fingerprint density at radius 2 is 2.11 bits per heavy atom. The zero-order valence-corrected chi connectivity index (χ0v) is 13.0. The fraction of sp³-hybridized carbons (Fsp3) is 0.538. The number of hydrogen-bond donors (Lipinski definition) is 2. The standard InChI is InChI=1S/C13H19Cl2NOS/c1-3-6-16-13(2,8-17)9-18-12-7-10(14)4-5-11(12)15/h4-5,7,16-17H,3,6,8-9H2,1-2H3. The van der Waals surface area contributed by atoms with Gasteiger partial charge in [-0.2, -0.15) is 0 Å². The number of halogens is 2. The SMILES string of the molecule is CCCNC(C)(CO)CSc1cc(Cl)ccc1Cl. The first-order chi connectivity index (χ1) is 8.50. The van der Waals surface area contributed by atoms with E-state index in [0.29, 0.717) is 10.0 Å². The van der Waals surface area contributed by atoms with Gasteiger partial charge in [-0.25, -0.2) is 0 Å². The van der Waals surface area contributed by atoms with E-state index >= 15 is 0 Å². The minimum absolute atomic E-state index is 0.0954. The van der Waals surface area contributed by atoms with E-state index in [9.17, 15) is 5.11 Å². The summed E-state index contributed by atoms with van der Waals surface area (Å²) in [5.74, 6) is 0.740. The van der Waals surface area contributed by atoms with E-state index in [1.54, 1.807) is 23.9 Å². The fourth-order valence-electron chi connectivity index (χ4n) is 1.40. The van der Waals surface area contributed by atoms with E-state index in [-0.39, 0.29) is 12.1 Å². The third-order valence-corrected chi connectivity index (χ3v) is 4.70. The average molecular weight is 308 g/mol. The molecular weight excluding hydrogens is 289 g/mol. The normalized spacial score (nSPS) is 14.5. The summed E-state index contributed by atoms with van der Waals surface area (Å²) in [5, 5.41) is 14.2. The first kappa shape index (κ1) is 16.1. The van der Waals surface area contributed by atoms with E-state index < -0.39 is 0 Å². The lowest BCUT2D eigenvalue weighted by Gasteiger charge is -2.28. The molecule has 1 unspecified atom stereocenters. The maximum absolute atomic E-state index is 9.48. The highest BCUT2D eigenvalue weighted by Gasteiger charge is 2.22. The second kappa shape index (κ2) is 7.61. The van der Waals surface area contributed by atoms with Crippen molar-refractivity contribution >= 4 is 35.0 Å². The second-order valence-corrected chi connectivity index (χ2v) is 6.37. The summed E-state index contributed by atoms with van der Waals surface area (Å²) in [6.07, 6.45) is 1.04. The Hall–Kier alpha value is 0.0700. The Bertz CT molecular complexity index is 389. The molecule has 0 saturated heterocycles. The van der Waals surface area contributed by atoms with E-state index in [4.69, 9.17) is 23.2 Å². The van der Waals surface area contributed by atoms with Crippen molar-refractivity contribution in [2.24, 2.45) is 0 Å². The first-order valence-electron chi connectivity index (χ1n) is 5.94. The number of thioether (sulfide) groups is 1. The molecule has 1 rings (SSSR count). The number of rotatable bonds is 7. The molecule has 0 amide bonds. The molecule has 0 aliphatic rings.